The van der Waals surface area contributed by atoms with Crippen LogP contribution in [0.1, 0.15) is 39.5 Å². The van der Waals surface area contributed by atoms with Crippen LogP contribution in [0.15, 0.2) is 0 Å². The minimum atomic E-state index is -1.17. The molecule has 2 fully saturated rings. The number of urea groups is 1. The Hall–Kier alpha value is -1.59. The predicted octanol–water partition coefficient (Wildman–Crippen LogP) is 1.21. The first-order chi connectivity index (χ1) is 8.85. The van der Waals surface area contributed by atoms with E-state index in [2.05, 4.69) is 19.2 Å². The first-order valence-corrected chi connectivity index (χ1v) is 6.71. The summed E-state index contributed by atoms with van der Waals surface area (Å²) >= 11 is 0. The molecule has 6 heteroatoms. The van der Waals surface area contributed by atoms with Crippen molar-refractivity contribution >= 4 is 17.9 Å². The van der Waals surface area contributed by atoms with Crippen LogP contribution in [0, 0.1) is 11.8 Å². The third kappa shape index (κ3) is 2.43. The zero-order valence-electron chi connectivity index (χ0n) is 11.3. The van der Waals surface area contributed by atoms with E-state index in [1.54, 1.807) is 0 Å². The highest BCUT2D eigenvalue weighted by Gasteiger charge is 2.53. The third-order valence-corrected chi connectivity index (χ3v) is 4.27. The second-order valence-corrected chi connectivity index (χ2v) is 5.90. The van der Waals surface area contributed by atoms with Crippen molar-refractivity contribution in [3.05, 3.63) is 0 Å². The fraction of sp³-hybridized carbons (Fsp3) is 0.769. The third-order valence-electron chi connectivity index (χ3n) is 4.27. The van der Waals surface area contributed by atoms with Gasteiger partial charge in [0.25, 0.3) is 5.91 Å². The van der Waals surface area contributed by atoms with Gasteiger partial charge in [0.05, 0.1) is 0 Å². The van der Waals surface area contributed by atoms with E-state index in [-0.39, 0.29) is 5.91 Å². The van der Waals surface area contributed by atoms with Gasteiger partial charge in [-0.15, -0.1) is 0 Å². The second-order valence-electron chi connectivity index (χ2n) is 5.90. The summed E-state index contributed by atoms with van der Waals surface area (Å²) < 4.78 is 0. The van der Waals surface area contributed by atoms with Gasteiger partial charge in [-0.3, -0.25) is 14.5 Å². The van der Waals surface area contributed by atoms with E-state index in [4.69, 9.17) is 5.11 Å². The predicted molar refractivity (Wildman–Crippen MR) is 67.4 cm³/mol. The van der Waals surface area contributed by atoms with Crippen molar-refractivity contribution in [1.29, 1.82) is 0 Å². The highest BCUT2D eigenvalue weighted by molar-refractivity contribution is 6.08. The molecule has 0 aromatic rings. The average molecular weight is 268 g/mol. The number of carboxylic acids is 1. The van der Waals surface area contributed by atoms with Crippen LogP contribution in [-0.2, 0) is 9.59 Å². The summed E-state index contributed by atoms with van der Waals surface area (Å²) in [5.74, 6) is -0.694. The molecule has 1 aliphatic carbocycles. The summed E-state index contributed by atoms with van der Waals surface area (Å²) in [5.41, 5.74) is -0.861. The van der Waals surface area contributed by atoms with Crippen molar-refractivity contribution in [2.75, 3.05) is 6.54 Å². The van der Waals surface area contributed by atoms with E-state index in [0.29, 0.717) is 24.7 Å². The standard InChI is InChI=1S/C13H20N2O4/c1-8(2)9-4-3-5-13(6-9)11(18)15(7-10(16)17)12(19)14-13/h8-9H,3-7H2,1-2H3,(H,14,19)(H,16,17). The van der Waals surface area contributed by atoms with Crippen LogP contribution in [0.25, 0.3) is 0 Å². The molecule has 106 valence electrons. The second kappa shape index (κ2) is 4.83. The molecule has 0 aromatic heterocycles. The molecule has 0 radical (unpaired) electrons. The monoisotopic (exact) mass is 268 g/mol. The highest BCUT2D eigenvalue weighted by Crippen LogP contribution is 2.39. The van der Waals surface area contributed by atoms with E-state index in [0.717, 1.165) is 17.7 Å². The van der Waals surface area contributed by atoms with Crippen molar-refractivity contribution in [3.63, 3.8) is 0 Å². The van der Waals surface area contributed by atoms with Crippen LogP contribution < -0.4 is 5.32 Å². The fourth-order valence-corrected chi connectivity index (χ4v) is 3.15. The summed E-state index contributed by atoms with van der Waals surface area (Å²) in [6.45, 7) is 3.67. The maximum atomic E-state index is 12.4. The molecule has 0 bridgehead atoms. The Bertz CT molecular complexity index is 421. The fourth-order valence-electron chi connectivity index (χ4n) is 3.15. The first-order valence-electron chi connectivity index (χ1n) is 6.71. The molecule has 1 heterocycles. The van der Waals surface area contributed by atoms with Crippen molar-refractivity contribution in [2.24, 2.45) is 11.8 Å². The lowest BCUT2D eigenvalue weighted by atomic mass is 9.71. The van der Waals surface area contributed by atoms with Gasteiger partial charge in [0.15, 0.2) is 0 Å². The molecule has 2 N–H and O–H groups in total. The molecule has 3 amide bonds. The van der Waals surface area contributed by atoms with Crippen LogP contribution in [0.2, 0.25) is 0 Å². The molecule has 2 rings (SSSR count). The minimum Gasteiger partial charge on any atom is -0.480 e. The van der Waals surface area contributed by atoms with Crippen LogP contribution in [0.5, 0.6) is 0 Å². The molecule has 1 saturated carbocycles. The lowest BCUT2D eigenvalue weighted by molar-refractivity contribution is -0.143. The Kier molecular flexibility index (Phi) is 3.52. The van der Waals surface area contributed by atoms with E-state index >= 15 is 0 Å². The normalized spacial score (nSPS) is 31.1. The number of carboxylic acid groups (broad SMARTS) is 1. The number of aliphatic carboxylic acids is 1. The number of hydrogen-bond donors (Lipinski definition) is 2. The zero-order chi connectivity index (χ0) is 14.2. The van der Waals surface area contributed by atoms with Gasteiger partial charge in [0, 0.05) is 0 Å². The average Bonchev–Trinajstić information content (AvgIpc) is 2.54. The number of amides is 3. The Morgan fingerprint density at radius 1 is 1.53 bits per heavy atom. The SMILES string of the molecule is CC(C)C1CCCC2(C1)NC(=O)N(CC(=O)O)C2=O. The van der Waals surface area contributed by atoms with Gasteiger partial charge in [-0.25, -0.2) is 4.79 Å². The van der Waals surface area contributed by atoms with Gasteiger partial charge in [-0.1, -0.05) is 20.3 Å². The molecule has 2 atom stereocenters. The molecular weight excluding hydrogens is 248 g/mol. The smallest absolute Gasteiger partial charge is 0.325 e. The van der Waals surface area contributed by atoms with E-state index in [1.807, 2.05) is 0 Å². The Morgan fingerprint density at radius 2 is 2.21 bits per heavy atom. The van der Waals surface area contributed by atoms with Gasteiger partial charge >= 0.3 is 12.0 Å². The lowest BCUT2D eigenvalue weighted by Gasteiger charge is -2.37. The maximum absolute atomic E-state index is 12.4. The first kappa shape index (κ1) is 13.8. The summed E-state index contributed by atoms with van der Waals surface area (Å²) in [7, 11) is 0. The molecule has 19 heavy (non-hydrogen) atoms. The van der Waals surface area contributed by atoms with Crippen molar-refractivity contribution in [1.82, 2.24) is 10.2 Å². The van der Waals surface area contributed by atoms with Gasteiger partial charge < -0.3 is 10.4 Å². The van der Waals surface area contributed by atoms with Gasteiger partial charge in [0.1, 0.15) is 12.1 Å². The number of carbonyl (C=O) groups is 3. The minimum absolute atomic E-state index is 0.370. The number of hydrogen-bond acceptors (Lipinski definition) is 3. The molecule has 1 aliphatic heterocycles. The molecule has 6 nitrogen and oxygen atoms in total. The number of rotatable bonds is 3. The molecule has 2 unspecified atom stereocenters. The van der Waals surface area contributed by atoms with Gasteiger partial charge in [-0.2, -0.15) is 0 Å². The highest BCUT2D eigenvalue weighted by atomic mass is 16.4. The van der Waals surface area contributed by atoms with Crippen molar-refractivity contribution < 1.29 is 19.5 Å². The summed E-state index contributed by atoms with van der Waals surface area (Å²) in [6.07, 6.45) is 3.17. The van der Waals surface area contributed by atoms with Gasteiger partial charge in [-0.05, 0) is 31.1 Å². The lowest BCUT2D eigenvalue weighted by Crippen LogP contribution is -2.51. The van der Waals surface area contributed by atoms with Crippen molar-refractivity contribution in [3.8, 4) is 0 Å². The van der Waals surface area contributed by atoms with Crippen LogP contribution in [-0.4, -0.2) is 40.0 Å². The Balaban J connectivity index is 2.18. The van der Waals surface area contributed by atoms with Crippen molar-refractivity contribution in [2.45, 2.75) is 45.1 Å². The van der Waals surface area contributed by atoms with Crippen LogP contribution in [0.4, 0.5) is 4.79 Å². The molecule has 2 aliphatic rings. The zero-order valence-corrected chi connectivity index (χ0v) is 11.3. The van der Waals surface area contributed by atoms with E-state index in [9.17, 15) is 14.4 Å². The molecule has 1 saturated heterocycles. The summed E-state index contributed by atoms with van der Waals surface area (Å²) in [4.78, 5) is 35.7. The quantitative estimate of drug-likeness (QED) is 0.753. The largest absolute Gasteiger partial charge is 0.480 e. The molecular formula is C13H20N2O4. The van der Waals surface area contributed by atoms with E-state index < -0.39 is 24.1 Å². The topological polar surface area (TPSA) is 86.7 Å². The number of nitrogens with one attached hydrogen (secondary N) is 1. The molecule has 0 aromatic carbocycles. The Labute approximate surface area is 112 Å². The summed E-state index contributed by atoms with van der Waals surface area (Å²) in [5, 5.41) is 11.5. The number of imide groups is 1. The van der Waals surface area contributed by atoms with Crippen LogP contribution >= 0.6 is 0 Å². The van der Waals surface area contributed by atoms with E-state index in [1.165, 1.54) is 0 Å². The molecule has 1 spiro atoms. The summed E-state index contributed by atoms with van der Waals surface area (Å²) in [6, 6.07) is -0.572. The number of carbonyl (C=O) groups excluding carboxylic acids is 2. The van der Waals surface area contributed by atoms with Crippen LogP contribution in [0.3, 0.4) is 0 Å². The Morgan fingerprint density at radius 3 is 2.79 bits per heavy atom. The maximum Gasteiger partial charge on any atom is 0.325 e. The van der Waals surface area contributed by atoms with Gasteiger partial charge in [0.2, 0.25) is 0 Å². The number of nitrogens with zero attached hydrogens (tertiary/aromatic N) is 1.